The molecule has 74 valence electrons. The lowest BCUT2D eigenvalue weighted by Gasteiger charge is -2.26. The summed E-state index contributed by atoms with van der Waals surface area (Å²) in [7, 11) is 1.65. The zero-order valence-electron chi connectivity index (χ0n) is 8.45. The first-order chi connectivity index (χ1) is 6.18. The van der Waals surface area contributed by atoms with Gasteiger partial charge in [-0.2, -0.15) is 0 Å². The van der Waals surface area contributed by atoms with Gasteiger partial charge in [-0.15, -0.1) is 0 Å². The van der Waals surface area contributed by atoms with E-state index in [-0.39, 0.29) is 0 Å². The van der Waals surface area contributed by atoms with E-state index >= 15 is 0 Å². The molecule has 0 amide bonds. The third-order valence-electron chi connectivity index (χ3n) is 2.37. The van der Waals surface area contributed by atoms with Crippen LogP contribution >= 0.6 is 0 Å². The smallest absolute Gasteiger partial charge is 0.142 e. The Balaban J connectivity index is 3.03. The number of imidazole rings is 1. The molecule has 0 aliphatic heterocycles. The molecule has 1 aromatic heterocycles. The molecule has 0 spiro atoms. The number of aromatic nitrogens is 2. The molecule has 0 aliphatic rings. The minimum absolute atomic E-state index is 0.431. The lowest BCUT2D eigenvalue weighted by atomic mass is 10.1. The summed E-state index contributed by atoms with van der Waals surface area (Å²) in [6.07, 6.45) is 3.70. The number of hydrogen-bond acceptors (Lipinski definition) is 3. The van der Waals surface area contributed by atoms with Gasteiger partial charge in [0.25, 0.3) is 0 Å². The average molecular weight is 183 g/mol. The van der Waals surface area contributed by atoms with E-state index in [1.165, 1.54) is 0 Å². The van der Waals surface area contributed by atoms with E-state index in [0.717, 1.165) is 12.4 Å². The third-order valence-corrected chi connectivity index (χ3v) is 2.37. The van der Waals surface area contributed by atoms with Gasteiger partial charge < -0.3 is 15.0 Å². The molecule has 1 unspecified atom stereocenters. The van der Waals surface area contributed by atoms with Crippen LogP contribution in [0.3, 0.4) is 0 Å². The van der Waals surface area contributed by atoms with Gasteiger partial charge in [0.2, 0.25) is 0 Å². The highest BCUT2D eigenvalue weighted by Gasteiger charge is 2.28. The van der Waals surface area contributed by atoms with E-state index < -0.39 is 5.60 Å². The Morgan fingerprint density at radius 3 is 2.85 bits per heavy atom. The highest BCUT2D eigenvalue weighted by molar-refractivity contribution is 5.04. The fourth-order valence-corrected chi connectivity index (χ4v) is 1.29. The Kier molecular flexibility index (Phi) is 3.06. The van der Waals surface area contributed by atoms with E-state index in [0.29, 0.717) is 6.54 Å². The van der Waals surface area contributed by atoms with Crippen molar-refractivity contribution in [1.82, 2.24) is 9.55 Å². The summed E-state index contributed by atoms with van der Waals surface area (Å²) in [5, 5.41) is 0. The van der Waals surface area contributed by atoms with Crippen molar-refractivity contribution in [1.29, 1.82) is 0 Å². The predicted molar refractivity (Wildman–Crippen MR) is 51.3 cm³/mol. The maximum Gasteiger partial charge on any atom is 0.142 e. The molecular formula is C9H17N3O. The van der Waals surface area contributed by atoms with Crippen LogP contribution in [-0.4, -0.2) is 23.2 Å². The van der Waals surface area contributed by atoms with E-state index in [1.807, 2.05) is 17.7 Å². The van der Waals surface area contributed by atoms with Gasteiger partial charge in [0, 0.05) is 32.6 Å². The van der Waals surface area contributed by atoms with Gasteiger partial charge in [0.1, 0.15) is 11.4 Å². The molecule has 4 nitrogen and oxygen atoms in total. The maximum absolute atomic E-state index is 5.65. The molecule has 0 aliphatic carbocycles. The van der Waals surface area contributed by atoms with Crippen molar-refractivity contribution in [2.75, 3.05) is 13.7 Å². The maximum atomic E-state index is 5.65. The Hall–Kier alpha value is -0.870. The number of methoxy groups -OCH3 is 1. The predicted octanol–water partition coefficient (Wildman–Crippen LogP) is 0.723. The van der Waals surface area contributed by atoms with Crippen LogP contribution in [0.15, 0.2) is 12.4 Å². The molecule has 0 aromatic carbocycles. The van der Waals surface area contributed by atoms with Crippen molar-refractivity contribution >= 4 is 0 Å². The van der Waals surface area contributed by atoms with Crippen molar-refractivity contribution in [3.05, 3.63) is 18.2 Å². The summed E-state index contributed by atoms with van der Waals surface area (Å²) in [6, 6.07) is 0. The molecule has 0 bridgehead atoms. The number of rotatable bonds is 4. The largest absolute Gasteiger partial charge is 0.369 e. The zero-order valence-corrected chi connectivity index (χ0v) is 8.45. The van der Waals surface area contributed by atoms with Crippen LogP contribution < -0.4 is 5.73 Å². The van der Waals surface area contributed by atoms with Gasteiger partial charge >= 0.3 is 0 Å². The second kappa shape index (κ2) is 3.89. The Morgan fingerprint density at radius 2 is 2.38 bits per heavy atom. The molecule has 0 saturated carbocycles. The minimum Gasteiger partial charge on any atom is -0.369 e. The van der Waals surface area contributed by atoms with Gasteiger partial charge in [-0.25, -0.2) is 4.98 Å². The quantitative estimate of drug-likeness (QED) is 0.748. The van der Waals surface area contributed by atoms with E-state index in [2.05, 4.69) is 11.9 Å². The van der Waals surface area contributed by atoms with Crippen molar-refractivity contribution in [3.63, 3.8) is 0 Å². The summed E-state index contributed by atoms with van der Waals surface area (Å²) in [5.74, 6) is 0.889. The summed E-state index contributed by atoms with van der Waals surface area (Å²) >= 11 is 0. The number of hydrogen-bond donors (Lipinski definition) is 1. The molecule has 1 heterocycles. The Labute approximate surface area is 78.7 Å². The lowest BCUT2D eigenvalue weighted by molar-refractivity contribution is -0.000262. The van der Waals surface area contributed by atoms with Gasteiger partial charge in [-0.3, -0.25) is 0 Å². The normalized spacial score (nSPS) is 15.7. The number of ether oxygens (including phenoxy) is 1. The highest BCUT2D eigenvalue weighted by Crippen LogP contribution is 2.21. The number of nitrogens with two attached hydrogens (primary N) is 1. The summed E-state index contributed by atoms with van der Waals surface area (Å²) in [4.78, 5) is 4.26. The summed E-state index contributed by atoms with van der Waals surface area (Å²) in [6.45, 7) is 5.33. The molecule has 1 atom stereocenters. The standard InChI is InChI=1S/C9H17N3O/c1-4-12-6-5-11-8(12)9(2,7-10)13-3/h5-6H,4,7,10H2,1-3H3. The van der Waals surface area contributed by atoms with Crippen LogP contribution in [0.4, 0.5) is 0 Å². The molecule has 0 saturated heterocycles. The molecule has 13 heavy (non-hydrogen) atoms. The van der Waals surface area contributed by atoms with E-state index in [9.17, 15) is 0 Å². The molecule has 1 rings (SSSR count). The fraction of sp³-hybridized carbons (Fsp3) is 0.667. The molecule has 1 aromatic rings. The lowest BCUT2D eigenvalue weighted by Crippen LogP contribution is -2.36. The van der Waals surface area contributed by atoms with Crippen molar-refractivity contribution in [3.8, 4) is 0 Å². The van der Waals surface area contributed by atoms with Gasteiger partial charge in [0.15, 0.2) is 0 Å². The molecule has 0 radical (unpaired) electrons. The monoisotopic (exact) mass is 183 g/mol. The van der Waals surface area contributed by atoms with Gasteiger partial charge in [-0.05, 0) is 13.8 Å². The fourth-order valence-electron chi connectivity index (χ4n) is 1.29. The van der Waals surface area contributed by atoms with E-state index in [4.69, 9.17) is 10.5 Å². The van der Waals surface area contributed by atoms with Crippen molar-refractivity contribution < 1.29 is 4.74 Å². The minimum atomic E-state index is -0.473. The van der Waals surface area contributed by atoms with Crippen LogP contribution in [0.5, 0.6) is 0 Å². The van der Waals surface area contributed by atoms with Crippen molar-refractivity contribution in [2.45, 2.75) is 26.0 Å². The topological polar surface area (TPSA) is 53.1 Å². The average Bonchev–Trinajstić information content (AvgIpc) is 2.65. The third kappa shape index (κ3) is 1.73. The first-order valence-corrected chi connectivity index (χ1v) is 4.44. The molecule has 2 N–H and O–H groups in total. The van der Waals surface area contributed by atoms with E-state index in [1.54, 1.807) is 13.3 Å². The van der Waals surface area contributed by atoms with Gasteiger partial charge in [-0.1, -0.05) is 0 Å². The molecule has 0 fully saturated rings. The van der Waals surface area contributed by atoms with Crippen LogP contribution in [0.1, 0.15) is 19.7 Å². The van der Waals surface area contributed by atoms with Crippen LogP contribution in [-0.2, 0) is 16.9 Å². The summed E-state index contributed by atoms with van der Waals surface area (Å²) in [5.41, 5.74) is 5.18. The van der Waals surface area contributed by atoms with Crippen LogP contribution in [0.2, 0.25) is 0 Å². The SMILES string of the molecule is CCn1ccnc1C(C)(CN)OC. The van der Waals surface area contributed by atoms with Gasteiger partial charge in [0.05, 0.1) is 0 Å². The molecule has 4 heteroatoms. The highest BCUT2D eigenvalue weighted by atomic mass is 16.5. The number of nitrogens with zero attached hydrogens (tertiary/aromatic N) is 2. The van der Waals surface area contributed by atoms with Crippen LogP contribution in [0, 0.1) is 0 Å². The Morgan fingerprint density at radius 1 is 1.69 bits per heavy atom. The molecular weight excluding hydrogens is 166 g/mol. The van der Waals surface area contributed by atoms with Crippen LogP contribution in [0.25, 0.3) is 0 Å². The first-order valence-electron chi connectivity index (χ1n) is 4.44. The second-order valence-corrected chi connectivity index (χ2v) is 3.18. The summed E-state index contributed by atoms with van der Waals surface area (Å²) < 4.78 is 7.40. The first kappa shape index (κ1) is 10.2. The second-order valence-electron chi connectivity index (χ2n) is 3.18. The number of aryl methyl sites for hydroxylation is 1. The zero-order chi connectivity index (χ0) is 9.90. The van der Waals surface area contributed by atoms with Crippen molar-refractivity contribution in [2.24, 2.45) is 5.73 Å². The Bertz CT molecular complexity index is 266.